The van der Waals surface area contributed by atoms with Crippen molar-refractivity contribution >= 4 is 50.4 Å². The number of aromatic amines is 1. The number of fused-ring (bicyclic) bond motifs is 2. The monoisotopic (exact) mass is 479 g/mol. The first-order chi connectivity index (χ1) is 14.3. The number of azo groups is 1. The summed E-state index contributed by atoms with van der Waals surface area (Å²) in [5, 5.41) is 40.4. The Bertz CT molecular complexity index is 1080. The van der Waals surface area contributed by atoms with Crippen LogP contribution in [0.2, 0.25) is 0 Å². The van der Waals surface area contributed by atoms with Crippen molar-refractivity contribution in [3.05, 3.63) is 22.7 Å². The molecule has 1 aromatic heterocycles. The van der Waals surface area contributed by atoms with Gasteiger partial charge in [-0.05, 0) is 18.2 Å². The van der Waals surface area contributed by atoms with Crippen LogP contribution >= 0.6 is 15.9 Å². The Morgan fingerprint density at radius 3 is 2.83 bits per heavy atom. The molecule has 3 unspecified atom stereocenters. The number of benzene rings is 1. The Labute approximate surface area is 178 Å². The number of urea groups is 1. The average Bonchev–Trinajstić information content (AvgIpc) is 3.21. The van der Waals surface area contributed by atoms with Crippen LogP contribution in [-0.4, -0.2) is 86.5 Å². The van der Waals surface area contributed by atoms with Crippen LogP contribution in [0, 0.1) is 0 Å². The first-order valence-electron chi connectivity index (χ1n) is 8.93. The molecule has 3 amide bonds. The van der Waals surface area contributed by atoms with E-state index in [1.54, 1.807) is 18.2 Å². The van der Waals surface area contributed by atoms with E-state index in [2.05, 4.69) is 41.5 Å². The lowest BCUT2D eigenvalue weighted by Gasteiger charge is -2.36. The van der Waals surface area contributed by atoms with Gasteiger partial charge >= 0.3 is 6.03 Å². The first kappa shape index (κ1) is 20.3. The highest BCUT2D eigenvalue weighted by Gasteiger charge is 2.49. The zero-order chi connectivity index (χ0) is 21.6. The molecule has 3 heterocycles. The highest BCUT2D eigenvalue weighted by Crippen LogP contribution is 2.37. The number of carbonyl (C=O) groups excluding carboxylic acids is 2. The minimum atomic E-state index is -1.17. The normalized spacial score (nSPS) is 22.6. The van der Waals surface area contributed by atoms with Gasteiger partial charge in [-0.2, -0.15) is 0 Å². The smallest absolute Gasteiger partial charge is 0.325 e. The quantitative estimate of drug-likeness (QED) is 0.403. The molecule has 13 heteroatoms. The second-order valence-electron chi connectivity index (χ2n) is 6.89. The number of aliphatic hydroxyl groups excluding tert-OH is 2. The number of amides is 3. The molecule has 1 saturated heterocycles. The Morgan fingerprint density at radius 2 is 2.10 bits per heavy atom. The lowest BCUT2D eigenvalue weighted by atomic mass is 10.1. The molecule has 0 radical (unpaired) electrons. The van der Waals surface area contributed by atoms with E-state index < -0.39 is 36.9 Å². The fourth-order valence-electron chi connectivity index (χ4n) is 3.41. The summed E-state index contributed by atoms with van der Waals surface area (Å²) in [6.45, 7) is -0.692. The van der Waals surface area contributed by atoms with E-state index in [9.17, 15) is 24.9 Å². The fourth-order valence-corrected chi connectivity index (χ4v) is 3.77. The highest BCUT2D eigenvalue weighted by molar-refractivity contribution is 9.10. The number of guanidine groups is 1. The number of hydrogen-bond acceptors (Lipinski definition) is 9. The van der Waals surface area contributed by atoms with Crippen LogP contribution in [0.3, 0.4) is 0 Å². The number of aromatic nitrogens is 1. The standard InChI is InChI=1S/C17H18BrN7O5/c1-24-13-12(15(29)21-17(24)30)25(5-8(27)6-26)16(20-13)23-22-11-9-4-7(18)2-3-10(9)19-14(11)28/h2-4,8,12-13,19,26-28H,5-6H2,1H3,(H,21,29,30). The van der Waals surface area contributed by atoms with Gasteiger partial charge in [0.15, 0.2) is 17.9 Å². The molecule has 30 heavy (non-hydrogen) atoms. The van der Waals surface area contributed by atoms with Gasteiger partial charge in [0.2, 0.25) is 11.8 Å². The molecule has 3 atom stereocenters. The number of H-pyrrole nitrogens is 1. The molecule has 12 nitrogen and oxygen atoms in total. The number of nitrogens with zero attached hydrogens (tertiary/aromatic N) is 5. The zero-order valence-corrected chi connectivity index (χ0v) is 17.2. The van der Waals surface area contributed by atoms with E-state index in [1.807, 2.05) is 0 Å². The third-order valence-electron chi connectivity index (χ3n) is 4.91. The lowest BCUT2D eigenvalue weighted by molar-refractivity contribution is -0.127. The number of likely N-dealkylation sites (N-methyl/N-ethyl adjacent to an activating group) is 1. The molecule has 1 fully saturated rings. The van der Waals surface area contributed by atoms with Gasteiger partial charge in [-0.25, -0.2) is 9.79 Å². The van der Waals surface area contributed by atoms with E-state index in [0.29, 0.717) is 10.9 Å². The van der Waals surface area contributed by atoms with Gasteiger partial charge < -0.3 is 30.1 Å². The Balaban J connectivity index is 1.72. The van der Waals surface area contributed by atoms with Crippen molar-refractivity contribution < 1.29 is 24.9 Å². The van der Waals surface area contributed by atoms with Gasteiger partial charge in [0.05, 0.1) is 24.8 Å². The molecular weight excluding hydrogens is 462 g/mol. The summed E-state index contributed by atoms with van der Waals surface area (Å²) in [6, 6.07) is 3.77. The van der Waals surface area contributed by atoms with Crippen molar-refractivity contribution in [3.63, 3.8) is 0 Å². The maximum absolute atomic E-state index is 12.4. The van der Waals surface area contributed by atoms with Gasteiger partial charge in [0.25, 0.3) is 5.91 Å². The van der Waals surface area contributed by atoms with Gasteiger partial charge in [0, 0.05) is 16.9 Å². The van der Waals surface area contributed by atoms with E-state index in [-0.39, 0.29) is 24.1 Å². The molecule has 0 aliphatic carbocycles. The van der Waals surface area contributed by atoms with Crippen molar-refractivity contribution in [2.45, 2.75) is 18.3 Å². The maximum atomic E-state index is 12.4. The molecule has 2 aliphatic rings. The lowest BCUT2D eigenvalue weighted by Crippen LogP contribution is -2.64. The molecule has 1 aromatic carbocycles. The summed E-state index contributed by atoms with van der Waals surface area (Å²) < 4.78 is 0.777. The number of β-amino-alcohol motifs (C(OH)–C–C–N with tert-alkyl or cyclic N) is 1. The summed E-state index contributed by atoms with van der Waals surface area (Å²) in [5.41, 5.74) is 0.810. The number of nitrogens with one attached hydrogen (secondary N) is 2. The number of aliphatic hydroxyl groups is 2. The fraction of sp³-hybridized carbons (Fsp3) is 0.353. The molecule has 0 saturated carbocycles. The average molecular weight is 480 g/mol. The summed E-state index contributed by atoms with van der Waals surface area (Å²) in [5.74, 6) is -0.811. The minimum absolute atomic E-state index is 0.0158. The zero-order valence-electron chi connectivity index (χ0n) is 15.7. The summed E-state index contributed by atoms with van der Waals surface area (Å²) in [4.78, 5) is 34.1. The van der Waals surface area contributed by atoms with Crippen LogP contribution < -0.4 is 5.32 Å². The Hall–Kier alpha value is -3.03. The predicted molar refractivity (Wildman–Crippen MR) is 108 cm³/mol. The van der Waals surface area contributed by atoms with Crippen molar-refractivity contribution in [1.82, 2.24) is 20.1 Å². The van der Waals surface area contributed by atoms with Crippen molar-refractivity contribution in [2.24, 2.45) is 15.2 Å². The summed E-state index contributed by atoms with van der Waals surface area (Å²) in [6.07, 6.45) is -2.03. The molecule has 4 rings (SSSR count). The van der Waals surface area contributed by atoms with E-state index in [4.69, 9.17) is 0 Å². The van der Waals surface area contributed by atoms with Crippen LogP contribution in [0.1, 0.15) is 0 Å². The van der Waals surface area contributed by atoms with Crippen molar-refractivity contribution in [1.29, 1.82) is 0 Å². The van der Waals surface area contributed by atoms with Gasteiger partial charge in [-0.15, -0.1) is 10.2 Å². The molecule has 5 N–H and O–H groups in total. The highest BCUT2D eigenvalue weighted by atomic mass is 79.9. The molecule has 2 aromatic rings. The van der Waals surface area contributed by atoms with Crippen molar-refractivity contribution in [2.75, 3.05) is 20.2 Å². The number of aromatic hydroxyl groups is 1. The Morgan fingerprint density at radius 1 is 1.33 bits per heavy atom. The number of hydrogen-bond donors (Lipinski definition) is 5. The number of aliphatic imine (C=N–C) groups is 1. The summed E-state index contributed by atoms with van der Waals surface area (Å²) >= 11 is 3.36. The van der Waals surface area contributed by atoms with Crippen LogP contribution in [0.5, 0.6) is 5.88 Å². The molecule has 0 bridgehead atoms. The van der Waals surface area contributed by atoms with Gasteiger partial charge in [0.1, 0.15) is 0 Å². The summed E-state index contributed by atoms with van der Waals surface area (Å²) in [7, 11) is 1.48. The topological polar surface area (TPSA) is 166 Å². The van der Waals surface area contributed by atoms with Crippen LogP contribution in [-0.2, 0) is 4.79 Å². The SMILES string of the molecule is CN1C(=O)NC(=O)C2C1N=C(N=Nc1c(O)[nH]c3ccc(Br)cc13)N2CC(O)CO. The van der Waals surface area contributed by atoms with E-state index >= 15 is 0 Å². The Kier molecular flexibility index (Phi) is 5.17. The maximum Gasteiger partial charge on any atom is 0.325 e. The van der Waals surface area contributed by atoms with Crippen molar-refractivity contribution in [3.8, 4) is 5.88 Å². The molecule has 2 aliphatic heterocycles. The predicted octanol–water partition coefficient (Wildman–Crippen LogP) is 0.621. The van der Waals surface area contributed by atoms with Crippen LogP contribution in [0.15, 0.2) is 37.9 Å². The number of carbonyl (C=O) groups is 2. The van der Waals surface area contributed by atoms with Gasteiger partial charge in [-0.3, -0.25) is 10.1 Å². The third-order valence-corrected chi connectivity index (χ3v) is 5.40. The molecule has 158 valence electrons. The number of halogens is 1. The number of rotatable bonds is 4. The third kappa shape index (κ3) is 3.40. The van der Waals surface area contributed by atoms with E-state index in [1.165, 1.54) is 16.8 Å². The van der Waals surface area contributed by atoms with Crippen LogP contribution in [0.25, 0.3) is 10.9 Å². The van der Waals surface area contributed by atoms with Gasteiger partial charge in [-0.1, -0.05) is 15.9 Å². The number of imide groups is 1. The second kappa shape index (κ2) is 7.66. The first-order valence-corrected chi connectivity index (χ1v) is 9.72. The molecular formula is C17H18BrN7O5. The van der Waals surface area contributed by atoms with E-state index in [0.717, 1.165) is 4.47 Å². The van der Waals surface area contributed by atoms with Crippen LogP contribution in [0.4, 0.5) is 10.5 Å². The molecule has 0 spiro atoms. The minimum Gasteiger partial charge on any atom is -0.493 e. The second-order valence-corrected chi connectivity index (χ2v) is 7.81. The largest absolute Gasteiger partial charge is 0.493 e.